The molecule has 190 valence electrons. The third kappa shape index (κ3) is 6.58. The van der Waals surface area contributed by atoms with E-state index in [4.69, 9.17) is 11.5 Å². The van der Waals surface area contributed by atoms with Crippen LogP contribution in [-0.4, -0.2) is 76.4 Å². The quantitative estimate of drug-likeness (QED) is 0.225. The van der Waals surface area contributed by atoms with Crippen LogP contribution in [0.4, 0.5) is 0 Å². The number of nitrogens with zero attached hydrogens (tertiary/aromatic N) is 1. The van der Waals surface area contributed by atoms with Crippen molar-refractivity contribution in [2.45, 2.75) is 56.7 Å². The van der Waals surface area contributed by atoms with E-state index in [0.29, 0.717) is 45.2 Å². The van der Waals surface area contributed by atoms with Crippen molar-refractivity contribution in [1.29, 1.82) is 0 Å². The first-order valence-corrected chi connectivity index (χ1v) is 11.9. The van der Waals surface area contributed by atoms with Gasteiger partial charge in [0.1, 0.15) is 18.1 Å². The number of aromatic nitrogens is 1. The number of aliphatic carboxylic acids is 1. The summed E-state index contributed by atoms with van der Waals surface area (Å²) in [6.45, 7) is 0.565. The van der Waals surface area contributed by atoms with Crippen LogP contribution in [0.3, 0.4) is 0 Å². The zero-order valence-corrected chi connectivity index (χ0v) is 19.7. The molecule has 1 saturated heterocycles. The van der Waals surface area contributed by atoms with Gasteiger partial charge in [-0.3, -0.25) is 14.4 Å². The lowest BCUT2D eigenvalue weighted by molar-refractivity contribution is -0.144. The Balaban J connectivity index is 1.70. The molecule has 8 N–H and O–H groups in total. The molecule has 1 aliphatic heterocycles. The number of carbonyl (C=O) groups excluding carboxylic acids is 3. The molecular formula is C24H34N6O5. The minimum Gasteiger partial charge on any atom is -0.480 e. The molecule has 3 amide bonds. The minimum atomic E-state index is -1.16. The first-order valence-electron chi connectivity index (χ1n) is 11.9. The van der Waals surface area contributed by atoms with Crippen LogP contribution < -0.4 is 22.1 Å². The van der Waals surface area contributed by atoms with Gasteiger partial charge in [0.05, 0.1) is 6.54 Å². The van der Waals surface area contributed by atoms with Gasteiger partial charge in [-0.05, 0) is 50.3 Å². The number of rotatable bonds is 12. The van der Waals surface area contributed by atoms with Gasteiger partial charge in [-0.25, -0.2) is 4.79 Å². The predicted molar refractivity (Wildman–Crippen MR) is 130 cm³/mol. The SMILES string of the molecule is NCCCCC(NC(=O)CN)C(=O)N1CCCC1C(=O)NC(Cc1c[nH]c2ccccc12)C(=O)O. The highest BCUT2D eigenvalue weighted by Gasteiger charge is 2.38. The summed E-state index contributed by atoms with van der Waals surface area (Å²) in [4.78, 5) is 54.8. The minimum absolute atomic E-state index is 0.0972. The molecule has 2 heterocycles. The summed E-state index contributed by atoms with van der Waals surface area (Å²) >= 11 is 0. The number of carboxylic acids is 1. The van der Waals surface area contributed by atoms with Crippen molar-refractivity contribution >= 4 is 34.6 Å². The Morgan fingerprint density at radius 3 is 2.60 bits per heavy atom. The van der Waals surface area contributed by atoms with E-state index in [0.717, 1.165) is 16.5 Å². The normalized spacial score (nSPS) is 17.2. The summed E-state index contributed by atoms with van der Waals surface area (Å²) in [6.07, 6.45) is 4.56. The number of nitrogens with one attached hydrogen (secondary N) is 3. The van der Waals surface area contributed by atoms with Crippen LogP contribution in [0.25, 0.3) is 10.9 Å². The maximum atomic E-state index is 13.3. The summed E-state index contributed by atoms with van der Waals surface area (Å²) in [5, 5.41) is 15.9. The van der Waals surface area contributed by atoms with Crippen LogP contribution >= 0.6 is 0 Å². The highest BCUT2D eigenvalue weighted by atomic mass is 16.4. The number of carboxylic acid groups (broad SMARTS) is 1. The molecule has 1 aromatic heterocycles. The van der Waals surface area contributed by atoms with Crippen LogP contribution in [-0.2, 0) is 25.6 Å². The molecule has 1 aliphatic rings. The second kappa shape index (κ2) is 12.3. The molecule has 11 nitrogen and oxygen atoms in total. The standard InChI is InChI=1S/C24H34N6O5/c25-10-4-3-8-18(28-21(31)13-26)23(33)30-11-5-9-20(30)22(32)29-19(24(34)35)12-15-14-27-17-7-2-1-6-16(15)17/h1-2,6-7,14,18-20,27H,3-5,8-13,25-26H2,(H,28,31)(H,29,32)(H,34,35). The Morgan fingerprint density at radius 1 is 1.11 bits per heavy atom. The molecule has 11 heteroatoms. The second-order valence-electron chi connectivity index (χ2n) is 8.76. The summed E-state index contributed by atoms with van der Waals surface area (Å²) in [5.41, 5.74) is 12.6. The number of benzene rings is 1. The topological polar surface area (TPSA) is 184 Å². The number of H-pyrrole nitrogens is 1. The number of unbranched alkanes of at least 4 members (excludes halogenated alkanes) is 1. The van der Waals surface area contributed by atoms with Crippen molar-refractivity contribution in [2.24, 2.45) is 11.5 Å². The smallest absolute Gasteiger partial charge is 0.326 e. The predicted octanol–water partition coefficient (Wildman–Crippen LogP) is -0.157. The van der Waals surface area contributed by atoms with Crippen molar-refractivity contribution in [2.75, 3.05) is 19.6 Å². The molecule has 1 fully saturated rings. The zero-order chi connectivity index (χ0) is 25.4. The first-order chi connectivity index (χ1) is 16.8. The average Bonchev–Trinajstić information content (AvgIpc) is 3.50. The summed E-state index contributed by atoms with van der Waals surface area (Å²) in [6, 6.07) is 4.75. The van der Waals surface area contributed by atoms with Gasteiger partial charge in [0, 0.05) is 30.1 Å². The van der Waals surface area contributed by atoms with E-state index < -0.39 is 35.9 Å². The van der Waals surface area contributed by atoms with Crippen LogP contribution in [0.5, 0.6) is 0 Å². The number of fused-ring (bicyclic) bond motifs is 1. The van der Waals surface area contributed by atoms with Crippen LogP contribution in [0.1, 0.15) is 37.7 Å². The van der Waals surface area contributed by atoms with Gasteiger partial charge >= 0.3 is 5.97 Å². The van der Waals surface area contributed by atoms with E-state index in [1.165, 1.54) is 4.90 Å². The number of hydrogen-bond donors (Lipinski definition) is 6. The van der Waals surface area contributed by atoms with E-state index in [-0.39, 0.29) is 18.9 Å². The number of likely N-dealkylation sites (tertiary alicyclic amines) is 1. The van der Waals surface area contributed by atoms with Crippen molar-refractivity contribution in [3.05, 3.63) is 36.0 Å². The Labute approximate surface area is 203 Å². The molecular weight excluding hydrogens is 452 g/mol. The van der Waals surface area contributed by atoms with E-state index in [9.17, 15) is 24.3 Å². The molecule has 1 aromatic carbocycles. The number of amides is 3. The first kappa shape index (κ1) is 26.2. The average molecular weight is 487 g/mol. The van der Waals surface area contributed by atoms with Gasteiger partial charge in [-0.2, -0.15) is 0 Å². The maximum Gasteiger partial charge on any atom is 0.326 e. The van der Waals surface area contributed by atoms with Gasteiger partial charge in [0.2, 0.25) is 17.7 Å². The molecule has 0 radical (unpaired) electrons. The molecule has 0 aliphatic carbocycles. The Hall–Kier alpha value is -3.44. The van der Waals surface area contributed by atoms with Crippen LogP contribution in [0, 0.1) is 0 Å². The summed E-state index contributed by atoms with van der Waals surface area (Å²) in [5.74, 6) is -2.51. The van der Waals surface area contributed by atoms with Crippen molar-refractivity contribution < 1.29 is 24.3 Å². The molecule has 3 atom stereocenters. The number of aromatic amines is 1. The monoisotopic (exact) mass is 486 g/mol. The van der Waals surface area contributed by atoms with Crippen LogP contribution in [0.15, 0.2) is 30.5 Å². The molecule has 35 heavy (non-hydrogen) atoms. The molecule has 0 saturated carbocycles. The van der Waals surface area contributed by atoms with Crippen molar-refractivity contribution in [3.8, 4) is 0 Å². The molecule has 2 aromatic rings. The molecule has 0 spiro atoms. The fourth-order valence-corrected chi connectivity index (χ4v) is 4.50. The van der Waals surface area contributed by atoms with Gasteiger partial charge in [-0.1, -0.05) is 18.2 Å². The lowest BCUT2D eigenvalue weighted by Gasteiger charge is -2.29. The maximum absolute atomic E-state index is 13.3. The fraction of sp³-hybridized carbons (Fsp3) is 0.500. The van der Waals surface area contributed by atoms with E-state index in [1.54, 1.807) is 6.20 Å². The molecule has 0 bridgehead atoms. The molecule has 3 rings (SSSR count). The Kier molecular flexibility index (Phi) is 9.21. The second-order valence-corrected chi connectivity index (χ2v) is 8.76. The highest BCUT2D eigenvalue weighted by molar-refractivity contribution is 5.94. The number of hydrogen-bond acceptors (Lipinski definition) is 6. The fourth-order valence-electron chi connectivity index (χ4n) is 4.50. The lowest BCUT2D eigenvalue weighted by Crippen LogP contribution is -2.56. The van der Waals surface area contributed by atoms with Gasteiger partial charge in [-0.15, -0.1) is 0 Å². The van der Waals surface area contributed by atoms with Gasteiger partial charge in [0.15, 0.2) is 0 Å². The Bertz CT molecular complexity index is 1050. The van der Waals surface area contributed by atoms with E-state index in [1.807, 2.05) is 24.3 Å². The number of para-hydroxylation sites is 1. The molecule has 3 unspecified atom stereocenters. The van der Waals surface area contributed by atoms with Crippen molar-refractivity contribution in [1.82, 2.24) is 20.5 Å². The summed E-state index contributed by atoms with van der Waals surface area (Å²) < 4.78 is 0. The Morgan fingerprint density at radius 2 is 1.89 bits per heavy atom. The van der Waals surface area contributed by atoms with Crippen molar-refractivity contribution in [3.63, 3.8) is 0 Å². The third-order valence-electron chi connectivity index (χ3n) is 6.32. The zero-order valence-electron chi connectivity index (χ0n) is 19.7. The number of carbonyl (C=O) groups is 4. The van der Waals surface area contributed by atoms with Gasteiger partial charge in [0.25, 0.3) is 0 Å². The third-order valence-corrected chi connectivity index (χ3v) is 6.32. The van der Waals surface area contributed by atoms with E-state index in [2.05, 4.69) is 15.6 Å². The largest absolute Gasteiger partial charge is 0.480 e. The van der Waals surface area contributed by atoms with Gasteiger partial charge < -0.3 is 37.1 Å². The summed E-state index contributed by atoms with van der Waals surface area (Å²) in [7, 11) is 0. The lowest BCUT2D eigenvalue weighted by atomic mass is 10.0. The highest BCUT2D eigenvalue weighted by Crippen LogP contribution is 2.22. The number of nitrogens with two attached hydrogens (primary N) is 2. The van der Waals surface area contributed by atoms with Crippen LogP contribution in [0.2, 0.25) is 0 Å². The van der Waals surface area contributed by atoms with E-state index >= 15 is 0 Å².